The quantitative estimate of drug-likeness (QED) is 0.637. The normalized spacial score (nSPS) is 21.9. The lowest BCUT2D eigenvalue weighted by Crippen LogP contribution is -2.38. The third-order valence-corrected chi connectivity index (χ3v) is 4.21. The van der Waals surface area contributed by atoms with E-state index in [1.165, 1.54) is 17.7 Å². The van der Waals surface area contributed by atoms with Crippen molar-refractivity contribution in [2.45, 2.75) is 40.7 Å². The Balaban J connectivity index is 1.97. The first-order valence-electron chi connectivity index (χ1n) is 7.54. The van der Waals surface area contributed by atoms with Gasteiger partial charge in [0.05, 0.1) is 12.2 Å². The minimum absolute atomic E-state index is 0.682. The molecule has 112 valence electrons. The molecule has 0 amide bonds. The van der Waals surface area contributed by atoms with Crippen molar-refractivity contribution < 1.29 is 0 Å². The number of nitrogens with one attached hydrogen (secondary N) is 2. The van der Waals surface area contributed by atoms with Gasteiger partial charge >= 0.3 is 0 Å². The zero-order chi connectivity index (χ0) is 14.7. The molecular formula is C15H27N5. The summed E-state index contributed by atoms with van der Waals surface area (Å²) in [5, 5.41) is 11.2. The molecule has 1 heterocycles. The van der Waals surface area contributed by atoms with Crippen LogP contribution in [0, 0.1) is 25.7 Å². The van der Waals surface area contributed by atoms with Gasteiger partial charge in [-0.25, -0.2) is 4.99 Å². The first kappa shape index (κ1) is 14.9. The SMILES string of the molecule is CCNC(=NCc1c(C)nn(C)c1C)NCC1CC1C. The van der Waals surface area contributed by atoms with Crippen LogP contribution in [-0.4, -0.2) is 28.8 Å². The summed E-state index contributed by atoms with van der Waals surface area (Å²) in [6.45, 7) is 11.1. The van der Waals surface area contributed by atoms with Crippen LogP contribution in [0.1, 0.15) is 37.2 Å². The van der Waals surface area contributed by atoms with Crippen molar-refractivity contribution in [1.29, 1.82) is 0 Å². The van der Waals surface area contributed by atoms with E-state index in [2.05, 4.69) is 41.5 Å². The molecule has 0 bridgehead atoms. The van der Waals surface area contributed by atoms with Crippen molar-refractivity contribution in [2.24, 2.45) is 23.9 Å². The molecule has 1 saturated carbocycles. The Morgan fingerprint density at radius 3 is 2.60 bits per heavy atom. The van der Waals surface area contributed by atoms with Crippen LogP contribution in [0.15, 0.2) is 4.99 Å². The van der Waals surface area contributed by atoms with E-state index in [1.807, 2.05) is 18.7 Å². The van der Waals surface area contributed by atoms with E-state index in [0.717, 1.165) is 36.6 Å². The maximum absolute atomic E-state index is 4.68. The fourth-order valence-corrected chi connectivity index (χ4v) is 2.46. The molecule has 1 fully saturated rings. The van der Waals surface area contributed by atoms with Gasteiger partial charge in [0.2, 0.25) is 0 Å². The van der Waals surface area contributed by atoms with E-state index in [4.69, 9.17) is 0 Å². The number of hydrogen-bond acceptors (Lipinski definition) is 2. The largest absolute Gasteiger partial charge is 0.357 e. The minimum Gasteiger partial charge on any atom is -0.357 e. The highest BCUT2D eigenvalue weighted by Gasteiger charge is 2.32. The Morgan fingerprint density at radius 2 is 2.10 bits per heavy atom. The molecule has 1 aromatic heterocycles. The Morgan fingerprint density at radius 1 is 1.40 bits per heavy atom. The monoisotopic (exact) mass is 277 g/mol. The van der Waals surface area contributed by atoms with Crippen molar-refractivity contribution in [3.05, 3.63) is 17.0 Å². The van der Waals surface area contributed by atoms with Crippen molar-refractivity contribution >= 4 is 5.96 Å². The molecule has 5 heteroatoms. The Hall–Kier alpha value is -1.52. The van der Waals surface area contributed by atoms with Crippen molar-refractivity contribution in [3.8, 4) is 0 Å². The number of aliphatic imine (C=N–C) groups is 1. The zero-order valence-corrected chi connectivity index (χ0v) is 13.3. The predicted molar refractivity (Wildman–Crippen MR) is 82.8 cm³/mol. The van der Waals surface area contributed by atoms with E-state index in [9.17, 15) is 0 Å². The fourth-order valence-electron chi connectivity index (χ4n) is 2.46. The molecule has 1 aromatic rings. The molecule has 2 N–H and O–H groups in total. The number of nitrogens with zero attached hydrogens (tertiary/aromatic N) is 3. The van der Waals surface area contributed by atoms with Crippen LogP contribution < -0.4 is 10.6 Å². The second-order valence-electron chi connectivity index (χ2n) is 5.82. The minimum atomic E-state index is 0.682. The van der Waals surface area contributed by atoms with Gasteiger partial charge in [0.1, 0.15) is 0 Å². The molecule has 1 aliphatic carbocycles. The van der Waals surface area contributed by atoms with E-state index < -0.39 is 0 Å². The van der Waals surface area contributed by atoms with E-state index >= 15 is 0 Å². The maximum atomic E-state index is 4.68. The lowest BCUT2D eigenvalue weighted by Gasteiger charge is -2.11. The molecule has 20 heavy (non-hydrogen) atoms. The summed E-state index contributed by atoms with van der Waals surface area (Å²) in [6, 6.07) is 0. The molecule has 0 aromatic carbocycles. The van der Waals surface area contributed by atoms with Crippen LogP contribution >= 0.6 is 0 Å². The van der Waals surface area contributed by atoms with Gasteiger partial charge in [-0.05, 0) is 39.0 Å². The number of guanidine groups is 1. The van der Waals surface area contributed by atoms with E-state index in [-0.39, 0.29) is 0 Å². The molecule has 0 aliphatic heterocycles. The number of rotatable bonds is 5. The smallest absolute Gasteiger partial charge is 0.191 e. The Bertz CT molecular complexity index is 489. The van der Waals surface area contributed by atoms with E-state index in [1.54, 1.807) is 0 Å². The standard InChI is InChI=1S/C15H27N5/c1-6-16-15(17-8-13-7-10(13)2)18-9-14-11(3)19-20(5)12(14)4/h10,13H,6-9H2,1-5H3,(H2,16,17,18). The van der Waals surface area contributed by atoms with E-state index in [0.29, 0.717) is 6.54 Å². The third-order valence-electron chi connectivity index (χ3n) is 4.21. The molecule has 5 nitrogen and oxygen atoms in total. The molecule has 2 rings (SSSR count). The number of hydrogen-bond donors (Lipinski definition) is 2. The maximum Gasteiger partial charge on any atom is 0.191 e. The van der Waals surface area contributed by atoms with Gasteiger partial charge < -0.3 is 10.6 Å². The van der Waals surface area contributed by atoms with Gasteiger partial charge in [-0.2, -0.15) is 5.10 Å². The summed E-state index contributed by atoms with van der Waals surface area (Å²) in [5.41, 5.74) is 3.49. The summed E-state index contributed by atoms with van der Waals surface area (Å²) in [4.78, 5) is 4.68. The molecule has 2 unspecified atom stereocenters. The highest BCUT2D eigenvalue weighted by Crippen LogP contribution is 2.36. The summed E-state index contributed by atoms with van der Waals surface area (Å²) < 4.78 is 1.92. The first-order valence-corrected chi connectivity index (χ1v) is 7.54. The van der Waals surface area contributed by atoms with Gasteiger partial charge in [-0.1, -0.05) is 6.92 Å². The average molecular weight is 277 g/mol. The van der Waals surface area contributed by atoms with Crippen LogP contribution in [0.5, 0.6) is 0 Å². The Kier molecular flexibility index (Phi) is 4.68. The zero-order valence-electron chi connectivity index (χ0n) is 13.3. The predicted octanol–water partition coefficient (Wildman–Crippen LogP) is 1.75. The molecular weight excluding hydrogens is 250 g/mol. The van der Waals surface area contributed by atoms with Gasteiger partial charge in [0.15, 0.2) is 5.96 Å². The van der Waals surface area contributed by atoms with Gasteiger partial charge in [-0.15, -0.1) is 0 Å². The van der Waals surface area contributed by atoms with Gasteiger partial charge in [0.25, 0.3) is 0 Å². The molecule has 2 atom stereocenters. The number of aromatic nitrogens is 2. The average Bonchev–Trinajstić information content (AvgIpc) is 3.05. The topological polar surface area (TPSA) is 54.2 Å². The second-order valence-corrected chi connectivity index (χ2v) is 5.82. The van der Waals surface area contributed by atoms with Crippen LogP contribution in [-0.2, 0) is 13.6 Å². The van der Waals surface area contributed by atoms with Crippen molar-refractivity contribution in [3.63, 3.8) is 0 Å². The highest BCUT2D eigenvalue weighted by molar-refractivity contribution is 5.79. The van der Waals surface area contributed by atoms with Gasteiger partial charge in [0, 0.05) is 31.4 Å². The Labute approximate surface area is 121 Å². The van der Waals surface area contributed by atoms with Crippen LogP contribution in [0.2, 0.25) is 0 Å². The van der Waals surface area contributed by atoms with Gasteiger partial charge in [-0.3, -0.25) is 4.68 Å². The van der Waals surface area contributed by atoms with Crippen molar-refractivity contribution in [1.82, 2.24) is 20.4 Å². The lowest BCUT2D eigenvalue weighted by atomic mass is 10.2. The first-order chi connectivity index (χ1) is 9.52. The summed E-state index contributed by atoms with van der Waals surface area (Å²) in [7, 11) is 1.98. The van der Waals surface area contributed by atoms with Crippen LogP contribution in [0.4, 0.5) is 0 Å². The molecule has 0 radical (unpaired) electrons. The molecule has 1 aliphatic rings. The number of aryl methyl sites for hydroxylation is 2. The third kappa shape index (κ3) is 3.52. The molecule has 0 saturated heterocycles. The van der Waals surface area contributed by atoms with Crippen LogP contribution in [0.25, 0.3) is 0 Å². The fraction of sp³-hybridized carbons (Fsp3) is 0.733. The lowest BCUT2D eigenvalue weighted by molar-refractivity contribution is 0.693. The highest BCUT2D eigenvalue weighted by atomic mass is 15.3. The van der Waals surface area contributed by atoms with Crippen LogP contribution in [0.3, 0.4) is 0 Å². The molecule has 0 spiro atoms. The summed E-state index contributed by atoms with van der Waals surface area (Å²) in [5.74, 6) is 2.60. The summed E-state index contributed by atoms with van der Waals surface area (Å²) >= 11 is 0. The van der Waals surface area contributed by atoms with Crippen molar-refractivity contribution in [2.75, 3.05) is 13.1 Å². The summed E-state index contributed by atoms with van der Waals surface area (Å²) in [6.07, 6.45) is 1.34. The second kappa shape index (κ2) is 6.29.